The summed E-state index contributed by atoms with van der Waals surface area (Å²) in [6.07, 6.45) is -2.60. The molecule has 84 heavy (non-hydrogen) atoms. The summed E-state index contributed by atoms with van der Waals surface area (Å²) in [6, 6.07) is 1.63. The third kappa shape index (κ3) is 14.2. The van der Waals surface area contributed by atoms with Crippen LogP contribution in [-0.2, 0) is 82.6 Å². The molecule has 3 saturated heterocycles. The van der Waals surface area contributed by atoms with Gasteiger partial charge in [0.2, 0.25) is 35.3 Å². The van der Waals surface area contributed by atoms with E-state index in [0.717, 1.165) is 4.90 Å². The van der Waals surface area contributed by atoms with Gasteiger partial charge in [0.15, 0.2) is 24.6 Å². The number of nitrogens with one attached hydrogen (secondary N) is 4. The number of ketones is 2. The van der Waals surface area contributed by atoms with Gasteiger partial charge in [0.25, 0.3) is 11.8 Å². The molecule has 4 heterocycles. The Balaban J connectivity index is 0.815. The molecule has 0 aromatic heterocycles. The van der Waals surface area contributed by atoms with E-state index < -0.39 is 119 Å². The van der Waals surface area contributed by atoms with Gasteiger partial charge in [-0.2, -0.15) is 0 Å². The maximum atomic E-state index is 14.4. The van der Waals surface area contributed by atoms with Gasteiger partial charge in [-0.05, 0) is 32.8 Å². The van der Waals surface area contributed by atoms with Gasteiger partial charge in [-0.15, -0.1) is 0 Å². The zero-order chi connectivity index (χ0) is 60.4. The average Bonchev–Trinajstić information content (AvgIpc) is 0.907. The second-order valence-corrected chi connectivity index (χ2v) is 21.2. The van der Waals surface area contributed by atoms with Crippen molar-refractivity contribution in [2.75, 3.05) is 99.9 Å². The number of nitrogens with zero attached hydrogens (tertiary/aromatic N) is 2. The molecule has 28 heteroatoms. The van der Waals surface area contributed by atoms with Crippen molar-refractivity contribution < 1.29 is 101 Å². The summed E-state index contributed by atoms with van der Waals surface area (Å²) in [7, 11) is 2.87. The second kappa shape index (κ2) is 28.3. The largest absolute Gasteiger partial charge is 0.507 e. The number of benzene rings is 2. The summed E-state index contributed by atoms with van der Waals surface area (Å²) in [6.45, 7) is 7.17. The Labute approximate surface area is 483 Å². The van der Waals surface area contributed by atoms with E-state index in [1.54, 1.807) is 6.92 Å². The lowest BCUT2D eigenvalue weighted by Gasteiger charge is -2.44. The number of aromatic hydroxyl groups is 2. The minimum absolute atomic E-state index is 0.0119. The fourth-order valence-electron chi connectivity index (χ4n) is 11.2. The van der Waals surface area contributed by atoms with Crippen molar-refractivity contribution in [3.05, 3.63) is 63.7 Å². The number of hydrogen-bond acceptors (Lipinski definition) is 22. The van der Waals surface area contributed by atoms with Gasteiger partial charge < -0.3 is 84.6 Å². The van der Waals surface area contributed by atoms with E-state index >= 15 is 0 Å². The SMILES string of the molecule is COc1cccc2c1C(=O)c1c(O)c3c(c(O)c1C2=O)CC(C)(C(=O)NCCNC(=O)[C@H](C)NC(=O)[C@H](CC(N)=O)NC(=O)CCOCCOCCOCCOCCN1C(=O)C=CC1=O)C[C@@H]3O[C@H]1C[C@H]2[C@H](O[C@@H]3[C@@H](OC)OCCN32)[C@H](C)O1. The first-order chi connectivity index (χ1) is 40.3. The van der Waals surface area contributed by atoms with Crippen molar-refractivity contribution in [2.45, 2.75) is 108 Å². The van der Waals surface area contributed by atoms with E-state index in [1.165, 1.54) is 51.5 Å². The molecule has 0 spiro atoms. The van der Waals surface area contributed by atoms with Crippen LogP contribution in [0.15, 0.2) is 30.4 Å². The number of amides is 7. The van der Waals surface area contributed by atoms with E-state index in [1.807, 2.05) is 6.92 Å². The molecule has 8 rings (SSSR count). The van der Waals surface area contributed by atoms with Crippen molar-refractivity contribution in [1.82, 2.24) is 31.1 Å². The number of imide groups is 1. The summed E-state index contributed by atoms with van der Waals surface area (Å²) in [5.41, 5.74) is 3.00. The first kappa shape index (κ1) is 63.0. The number of hydrogen-bond donors (Lipinski definition) is 7. The lowest BCUT2D eigenvalue weighted by Crippen LogP contribution is -2.55. The number of phenols is 2. The molecule has 10 atom stereocenters. The van der Waals surface area contributed by atoms with Crippen LogP contribution in [0.3, 0.4) is 0 Å². The summed E-state index contributed by atoms with van der Waals surface area (Å²) in [4.78, 5) is 120. The Bertz CT molecular complexity index is 2850. The number of carbonyl (C=O) groups excluding carboxylic acids is 9. The number of ether oxygens (including phenoxy) is 10. The Morgan fingerprint density at radius 1 is 0.821 bits per heavy atom. The molecule has 0 saturated carbocycles. The second-order valence-electron chi connectivity index (χ2n) is 21.2. The molecule has 2 aromatic carbocycles. The minimum Gasteiger partial charge on any atom is -0.507 e. The lowest BCUT2D eigenvalue weighted by molar-refractivity contribution is -0.255. The molecule has 1 unspecified atom stereocenters. The van der Waals surface area contributed by atoms with Crippen molar-refractivity contribution in [3.8, 4) is 17.2 Å². The molecule has 2 aromatic rings. The Kier molecular flexibility index (Phi) is 21.2. The Morgan fingerprint density at radius 2 is 1.48 bits per heavy atom. The molecule has 3 fully saturated rings. The number of carbonyl (C=O) groups is 9. The quantitative estimate of drug-likeness (QED) is 0.0246. The van der Waals surface area contributed by atoms with Crippen LogP contribution in [0.1, 0.15) is 95.5 Å². The van der Waals surface area contributed by atoms with E-state index in [9.17, 15) is 53.4 Å². The minimum atomic E-state index is -1.42. The smallest absolute Gasteiger partial charge is 0.253 e. The number of rotatable bonds is 29. The van der Waals surface area contributed by atoms with Gasteiger partial charge in [-0.25, -0.2) is 0 Å². The van der Waals surface area contributed by atoms with Crippen LogP contribution in [0.25, 0.3) is 0 Å². The van der Waals surface area contributed by atoms with Gasteiger partial charge in [0.1, 0.15) is 35.4 Å². The predicted molar refractivity (Wildman–Crippen MR) is 288 cm³/mol. The summed E-state index contributed by atoms with van der Waals surface area (Å²) >= 11 is 0. The van der Waals surface area contributed by atoms with Crippen LogP contribution in [0.2, 0.25) is 0 Å². The molecule has 0 bridgehead atoms. The molecule has 7 amide bonds. The van der Waals surface area contributed by atoms with Crippen molar-refractivity contribution in [3.63, 3.8) is 0 Å². The highest BCUT2D eigenvalue weighted by Crippen LogP contribution is 2.55. The molecular weight excluding hydrogens is 1110 g/mol. The molecule has 4 aliphatic heterocycles. The average molecular weight is 1180 g/mol. The van der Waals surface area contributed by atoms with E-state index in [4.69, 9.17) is 53.1 Å². The number of methoxy groups -OCH3 is 2. The third-order valence-corrected chi connectivity index (χ3v) is 15.4. The first-order valence-corrected chi connectivity index (χ1v) is 27.8. The number of nitrogens with two attached hydrogens (primary N) is 1. The fourth-order valence-corrected chi connectivity index (χ4v) is 11.2. The third-order valence-electron chi connectivity index (χ3n) is 15.4. The highest BCUT2D eigenvalue weighted by atomic mass is 16.7. The van der Waals surface area contributed by atoms with Crippen LogP contribution in [0, 0.1) is 5.41 Å². The first-order valence-electron chi connectivity index (χ1n) is 27.8. The molecule has 8 N–H and O–H groups in total. The monoisotopic (exact) mass is 1180 g/mol. The highest BCUT2D eigenvalue weighted by Gasteiger charge is 2.55. The summed E-state index contributed by atoms with van der Waals surface area (Å²) in [5, 5.41) is 34.7. The summed E-state index contributed by atoms with van der Waals surface area (Å²) in [5.74, 6) is -6.96. The van der Waals surface area contributed by atoms with Crippen LogP contribution in [0.5, 0.6) is 17.2 Å². The van der Waals surface area contributed by atoms with E-state index in [-0.39, 0.29) is 150 Å². The zero-order valence-electron chi connectivity index (χ0n) is 47.4. The summed E-state index contributed by atoms with van der Waals surface area (Å²) < 4.78 is 58.0. The number of morpholine rings is 1. The van der Waals surface area contributed by atoms with Gasteiger partial charge >= 0.3 is 0 Å². The van der Waals surface area contributed by atoms with Gasteiger partial charge in [0.05, 0.1) is 114 Å². The number of primary amides is 1. The standard InChI is InChI=1S/C56H73N7O21/c1-29(60-52(73)33(25-37(57)64)61-38(65)11-16-77-19-21-79-23-24-80-22-20-78-17-14-63-39(66)9-10-40(63)67)51(72)58-12-13-59-55(74)56(3)27-32-43(49(71)45-44(47(32)69)46(68)31-7-6-8-35(75-4)42(31)48(45)70)36(28-56)83-41-26-34-50(30(2)82-41)84-53-54(76-5)81-18-15-62(34)53/h6-10,29-30,33-34,36,41,50,53-54,69,71H,11-28H2,1-5H3,(H2,57,64)(H,58,72)(H,59,74)(H,60,73)(H,61,65)/t29-,30-,33-,34-,36-,41-,50+,53+,54-,56?/m0/s1. The number of phenolic OH excluding ortho intramolecular Hbond substituents is 2. The molecule has 458 valence electrons. The van der Waals surface area contributed by atoms with Gasteiger partial charge in [-0.1, -0.05) is 19.1 Å². The normalized spacial score (nSPS) is 25.0. The maximum absolute atomic E-state index is 14.4. The molecule has 2 aliphatic carbocycles. The maximum Gasteiger partial charge on any atom is 0.253 e. The Morgan fingerprint density at radius 3 is 2.14 bits per heavy atom. The number of fused-ring (bicyclic) bond motifs is 6. The highest BCUT2D eigenvalue weighted by molar-refractivity contribution is 6.31. The predicted octanol–water partition coefficient (Wildman–Crippen LogP) is -1.10. The van der Waals surface area contributed by atoms with Crippen LogP contribution < -0.4 is 31.7 Å². The van der Waals surface area contributed by atoms with Gasteiger partial charge in [0, 0.05) is 74.5 Å². The van der Waals surface area contributed by atoms with E-state index in [2.05, 4.69) is 26.2 Å². The molecular formula is C56H73N7O21. The lowest BCUT2D eigenvalue weighted by atomic mass is 9.68. The van der Waals surface area contributed by atoms with Crippen LogP contribution in [0.4, 0.5) is 0 Å². The van der Waals surface area contributed by atoms with Crippen molar-refractivity contribution in [2.24, 2.45) is 11.1 Å². The fraction of sp³-hybridized carbons (Fsp3) is 0.589. The Hall–Kier alpha value is -6.99. The van der Waals surface area contributed by atoms with Crippen LogP contribution >= 0.6 is 0 Å². The zero-order valence-corrected chi connectivity index (χ0v) is 47.4. The molecule has 28 nitrogen and oxygen atoms in total. The molecule has 0 radical (unpaired) electrons. The molecule has 6 aliphatic rings. The van der Waals surface area contributed by atoms with Crippen LogP contribution in [-0.4, -0.2) is 222 Å². The van der Waals surface area contributed by atoms with Crippen molar-refractivity contribution >= 4 is 52.9 Å². The van der Waals surface area contributed by atoms with E-state index in [0.29, 0.717) is 13.2 Å². The van der Waals surface area contributed by atoms with Crippen molar-refractivity contribution in [1.29, 1.82) is 0 Å². The van der Waals surface area contributed by atoms with Gasteiger partial charge in [-0.3, -0.25) is 53.0 Å². The topological polar surface area (TPSA) is 367 Å².